The summed E-state index contributed by atoms with van der Waals surface area (Å²) in [5.74, 6) is 0. The Morgan fingerprint density at radius 1 is 1.11 bits per heavy atom. The minimum Gasteiger partial charge on any atom is -0.361 e. The Bertz CT molecular complexity index is 993. The van der Waals surface area contributed by atoms with Gasteiger partial charge in [0.05, 0.1) is 5.03 Å². The fourth-order valence-electron chi connectivity index (χ4n) is 2.95. The van der Waals surface area contributed by atoms with Crippen molar-refractivity contribution < 1.29 is 0 Å². The third-order valence-electron chi connectivity index (χ3n) is 4.36. The van der Waals surface area contributed by atoms with Gasteiger partial charge in [0.1, 0.15) is 17.7 Å². The number of allylic oxidation sites excluding steroid dienone is 3. The normalized spacial score (nSPS) is 14.6. The van der Waals surface area contributed by atoms with Gasteiger partial charge in [0, 0.05) is 28.0 Å². The van der Waals surface area contributed by atoms with Gasteiger partial charge in [-0.05, 0) is 35.8 Å². The van der Waals surface area contributed by atoms with E-state index < -0.39 is 0 Å². The summed E-state index contributed by atoms with van der Waals surface area (Å²) in [6.45, 7) is 5.73. The molecule has 28 heavy (non-hydrogen) atoms. The molecule has 0 atom stereocenters. The summed E-state index contributed by atoms with van der Waals surface area (Å²) < 4.78 is 0.951. The topological polar surface area (TPSA) is 50.8 Å². The van der Waals surface area contributed by atoms with Crippen molar-refractivity contribution in [1.29, 1.82) is 10.5 Å². The molecule has 138 valence electrons. The molecule has 0 N–H and O–H groups in total. The van der Waals surface area contributed by atoms with Crippen molar-refractivity contribution in [3.8, 4) is 12.1 Å². The first-order valence-electron chi connectivity index (χ1n) is 8.77. The quantitative estimate of drug-likeness (QED) is 0.535. The predicted molar refractivity (Wildman–Crippen MR) is 119 cm³/mol. The zero-order chi connectivity index (χ0) is 19.9. The molecule has 0 aromatic heterocycles. The first kappa shape index (κ1) is 20.0. The molecule has 3 rings (SSSR count). The highest BCUT2D eigenvalue weighted by Gasteiger charge is 2.22. The monoisotopic (exact) mass is 447 g/mol. The van der Waals surface area contributed by atoms with Crippen LogP contribution in [0.25, 0.3) is 5.57 Å². The number of thioether (sulfide) groups is 1. The maximum absolute atomic E-state index is 9.45. The summed E-state index contributed by atoms with van der Waals surface area (Å²) in [6, 6.07) is 22.1. The molecule has 2 aromatic carbocycles. The standard InChI is InChI=1S/C23H18BrN3S/c1-17-16-27(12-11-18-5-3-2-4-6-18)23(28-17)13-22(20(14-25)15-26)19-7-9-21(24)10-8-19/h2-10,13H,1,11-12,16H2/b23-13-. The molecule has 0 spiro atoms. The molecule has 1 aliphatic rings. The van der Waals surface area contributed by atoms with Gasteiger partial charge in [-0.3, -0.25) is 0 Å². The molecule has 1 fully saturated rings. The lowest BCUT2D eigenvalue weighted by Crippen LogP contribution is -2.21. The van der Waals surface area contributed by atoms with Crippen molar-refractivity contribution in [3.63, 3.8) is 0 Å². The highest BCUT2D eigenvalue weighted by molar-refractivity contribution is 9.10. The van der Waals surface area contributed by atoms with Crippen molar-refractivity contribution in [2.45, 2.75) is 6.42 Å². The summed E-state index contributed by atoms with van der Waals surface area (Å²) in [4.78, 5) is 3.32. The molecule has 1 heterocycles. The second-order valence-corrected chi connectivity index (χ2v) is 8.42. The van der Waals surface area contributed by atoms with Crippen molar-refractivity contribution in [2.75, 3.05) is 13.1 Å². The van der Waals surface area contributed by atoms with E-state index in [1.807, 2.05) is 60.7 Å². The minimum atomic E-state index is 0.107. The van der Waals surface area contributed by atoms with Gasteiger partial charge in [0.15, 0.2) is 0 Å². The maximum Gasteiger partial charge on any atom is 0.137 e. The van der Waals surface area contributed by atoms with Crippen LogP contribution >= 0.6 is 27.7 Å². The number of hydrogen-bond donors (Lipinski definition) is 0. The van der Waals surface area contributed by atoms with Crippen molar-refractivity contribution in [3.05, 3.63) is 98.4 Å². The average molecular weight is 448 g/mol. The maximum atomic E-state index is 9.45. The second kappa shape index (κ2) is 9.46. The third-order valence-corrected chi connectivity index (χ3v) is 5.89. The third kappa shape index (κ3) is 4.95. The smallest absolute Gasteiger partial charge is 0.137 e. The van der Waals surface area contributed by atoms with Gasteiger partial charge in [-0.2, -0.15) is 10.5 Å². The summed E-state index contributed by atoms with van der Waals surface area (Å²) in [5.41, 5.74) is 2.87. The van der Waals surface area contributed by atoms with Gasteiger partial charge >= 0.3 is 0 Å². The SMILES string of the molecule is C=C1CN(CCc2ccccc2)/C(=C/C(=C(C#N)C#N)c2ccc(Br)cc2)S1. The number of nitriles is 2. The minimum absolute atomic E-state index is 0.107. The number of rotatable bonds is 5. The lowest BCUT2D eigenvalue weighted by atomic mass is 10.0. The first-order valence-corrected chi connectivity index (χ1v) is 10.4. The van der Waals surface area contributed by atoms with Crippen LogP contribution in [0.3, 0.4) is 0 Å². The van der Waals surface area contributed by atoms with Gasteiger partial charge in [0.25, 0.3) is 0 Å². The van der Waals surface area contributed by atoms with Gasteiger partial charge in [0.2, 0.25) is 0 Å². The molecular formula is C23H18BrN3S. The summed E-state index contributed by atoms with van der Waals surface area (Å²) in [7, 11) is 0. The Balaban J connectivity index is 1.92. The Morgan fingerprint density at radius 2 is 1.79 bits per heavy atom. The number of halogens is 1. The van der Waals surface area contributed by atoms with Crippen LogP contribution in [0.4, 0.5) is 0 Å². The van der Waals surface area contributed by atoms with E-state index in [1.54, 1.807) is 11.8 Å². The van der Waals surface area contributed by atoms with Crippen molar-refractivity contribution in [2.24, 2.45) is 0 Å². The van der Waals surface area contributed by atoms with Crippen LogP contribution in [0.5, 0.6) is 0 Å². The van der Waals surface area contributed by atoms with Crippen LogP contribution in [0.15, 0.2) is 87.2 Å². The molecular weight excluding hydrogens is 430 g/mol. The van der Waals surface area contributed by atoms with Crippen LogP contribution in [0, 0.1) is 22.7 Å². The van der Waals surface area contributed by atoms with E-state index in [9.17, 15) is 10.5 Å². The molecule has 0 radical (unpaired) electrons. The molecule has 1 saturated heterocycles. The summed E-state index contributed by atoms with van der Waals surface area (Å²) >= 11 is 5.03. The molecule has 5 heteroatoms. The molecule has 0 aliphatic carbocycles. The van der Waals surface area contributed by atoms with E-state index >= 15 is 0 Å². The highest BCUT2D eigenvalue weighted by atomic mass is 79.9. The van der Waals surface area contributed by atoms with Crippen molar-refractivity contribution >= 4 is 33.3 Å². The van der Waals surface area contributed by atoms with E-state index in [0.717, 1.165) is 39.5 Å². The number of nitrogens with zero attached hydrogens (tertiary/aromatic N) is 3. The van der Waals surface area contributed by atoms with Crippen LogP contribution in [0.1, 0.15) is 11.1 Å². The summed E-state index contributed by atoms with van der Waals surface area (Å²) in [6.07, 6.45) is 2.87. The largest absolute Gasteiger partial charge is 0.361 e. The summed E-state index contributed by atoms with van der Waals surface area (Å²) in [5, 5.41) is 19.9. The number of benzene rings is 2. The van der Waals surface area contributed by atoms with Gasteiger partial charge < -0.3 is 4.90 Å². The lowest BCUT2D eigenvalue weighted by Gasteiger charge is -2.19. The van der Waals surface area contributed by atoms with Crippen LogP contribution in [0.2, 0.25) is 0 Å². The first-order chi connectivity index (χ1) is 13.6. The molecule has 0 bridgehead atoms. The lowest BCUT2D eigenvalue weighted by molar-refractivity contribution is 0.418. The second-order valence-electron chi connectivity index (χ2n) is 6.30. The van der Waals surface area contributed by atoms with Gasteiger partial charge in [-0.15, -0.1) is 0 Å². The fourth-order valence-corrected chi connectivity index (χ4v) is 4.19. The molecule has 1 aliphatic heterocycles. The van der Waals surface area contributed by atoms with E-state index in [0.29, 0.717) is 5.57 Å². The Labute approximate surface area is 178 Å². The Hall–Kier alpha value is -2.73. The average Bonchev–Trinajstić information content (AvgIpc) is 3.07. The van der Waals surface area contributed by atoms with Crippen LogP contribution in [-0.4, -0.2) is 18.0 Å². The Morgan fingerprint density at radius 3 is 2.43 bits per heavy atom. The van der Waals surface area contributed by atoms with E-state index in [2.05, 4.69) is 39.5 Å². The molecule has 0 amide bonds. The number of hydrogen-bond acceptors (Lipinski definition) is 4. The van der Waals surface area contributed by atoms with Crippen LogP contribution in [-0.2, 0) is 6.42 Å². The molecule has 3 nitrogen and oxygen atoms in total. The molecule has 0 saturated carbocycles. The van der Waals surface area contributed by atoms with Crippen molar-refractivity contribution in [1.82, 2.24) is 4.90 Å². The van der Waals surface area contributed by atoms with E-state index in [1.165, 1.54) is 5.56 Å². The highest BCUT2D eigenvalue weighted by Crippen LogP contribution is 2.38. The van der Waals surface area contributed by atoms with Crippen LogP contribution < -0.4 is 0 Å². The van der Waals surface area contributed by atoms with Gasteiger partial charge in [-0.1, -0.05) is 76.7 Å². The zero-order valence-corrected chi connectivity index (χ0v) is 17.6. The Kier molecular flexibility index (Phi) is 6.76. The fraction of sp³-hybridized carbons (Fsp3) is 0.130. The molecule has 0 unspecified atom stereocenters. The van der Waals surface area contributed by atoms with E-state index in [-0.39, 0.29) is 5.57 Å². The van der Waals surface area contributed by atoms with E-state index in [4.69, 9.17) is 0 Å². The zero-order valence-electron chi connectivity index (χ0n) is 15.2. The van der Waals surface area contributed by atoms with Gasteiger partial charge in [-0.25, -0.2) is 0 Å². The molecule has 2 aromatic rings. The predicted octanol–water partition coefficient (Wildman–Crippen LogP) is 5.90.